The maximum atomic E-state index is 13.1. The molecule has 0 bridgehead atoms. The number of nitrogens with zero attached hydrogens (tertiary/aromatic N) is 1. The van der Waals surface area contributed by atoms with Gasteiger partial charge in [-0.2, -0.15) is 0 Å². The summed E-state index contributed by atoms with van der Waals surface area (Å²) in [5, 5.41) is 9.15. The molecule has 0 unspecified atom stereocenters. The minimum atomic E-state index is -0.787. The van der Waals surface area contributed by atoms with Crippen LogP contribution in [0, 0.1) is 6.92 Å². The van der Waals surface area contributed by atoms with E-state index in [4.69, 9.17) is 14.6 Å². The Morgan fingerprint density at radius 3 is 2.41 bits per heavy atom. The van der Waals surface area contributed by atoms with Crippen LogP contribution in [-0.4, -0.2) is 35.9 Å². The summed E-state index contributed by atoms with van der Waals surface area (Å²) in [6.45, 7) is 7.99. The molecule has 1 N–H and O–H groups in total. The molecule has 0 saturated heterocycles. The van der Waals surface area contributed by atoms with Crippen LogP contribution in [0.5, 0.6) is 0 Å². The number of carbonyl (C=O) groups is 1. The average molecular weight is 464 g/mol. The molecule has 0 aliphatic heterocycles. The maximum absolute atomic E-state index is 13.1. The third-order valence-electron chi connectivity index (χ3n) is 5.57. The molecule has 0 saturated carbocycles. The number of pyridine rings is 1. The first kappa shape index (κ1) is 27.2. The van der Waals surface area contributed by atoms with E-state index in [9.17, 15) is 4.79 Å². The van der Waals surface area contributed by atoms with Crippen molar-refractivity contribution in [3.8, 4) is 0 Å². The molecule has 1 aromatic carbocycles. The highest BCUT2D eigenvalue weighted by Gasteiger charge is 2.25. The summed E-state index contributed by atoms with van der Waals surface area (Å²) in [5.74, 6) is -0.420. The number of aryl methyl sites for hydroxylation is 1. The standard InChI is InChI=1S/C29H37NO4/c1-21(11-9-12-22(2)20-31)17-18-27(23(3)19-26-16-10-13-24(4)30-26)34-29(32)28(33-5)25-14-7-6-8-15-25/h6-8,10,12-17,19,27-28,31H,9,11,18,20H2,1-5H3/b21-17-,22-12+,23-19+/t27-,28+/m0/s1. The van der Waals surface area contributed by atoms with Gasteiger partial charge in [0, 0.05) is 19.2 Å². The van der Waals surface area contributed by atoms with Crippen LogP contribution in [0.3, 0.4) is 0 Å². The minimum absolute atomic E-state index is 0.0832. The van der Waals surface area contributed by atoms with Gasteiger partial charge in [-0.3, -0.25) is 4.98 Å². The summed E-state index contributed by atoms with van der Waals surface area (Å²) in [4.78, 5) is 17.6. The van der Waals surface area contributed by atoms with Gasteiger partial charge in [-0.1, -0.05) is 59.7 Å². The first-order valence-electron chi connectivity index (χ1n) is 11.7. The van der Waals surface area contributed by atoms with Gasteiger partial charge in [0.2, 0.25) is 0 Å². The highest BCUT2D eigenvalue weighted by Crippen LogP contribution is 2.23. The fourth-order valence-electron chi connectivity index (χ4n) is 3.52. The van der Waals surface area contributed by atoms with Crippen LogP contribution in [0.25, 0.3) is 6.08 Å². The van der Waals surface area contributed by atoms with Crippen LogP contribution in [-0.2, 0) is 14.3 Å². The Morgan fingerprint density at radius 1 is 1.03 bits per heavy atom. The number of ether oxygens (including phenoxy) is 2. The van der Waals surface area contributed by atoms with Crippen LogP contribution in [0.15, 0.2) is 77.4 Å². The van der Waals surface area contributed by atoms with Crippen LogP contribution in [0.1, 0.15) is 63.1 Å². The number of aromatic nitrogens is 1. The van der Waals surface area contributed by atoms with Gasteiger partial charge in [0.15, 0.2) is 6.10 Å². The fourth-order valence-corrected chi connectivity index (χ4v) is 3.52. The van der Waals surface area contributed by atoms with Gasteiger partial charge in [-0.05, 0) is 69.9 Å². The lowest BCUT2D eigenvalue weighted by molar-refractivity contribution is -0.159. The largest absolute Gasteiger partial charge is 0.455 e. The zero-order valence-corrected chi connectivity index (χ0v) is 21.0. The number of aliphatic hydroxyl groups excluding tert-OH is 1. The third kappa shape index (κ3) is 9.08. The molecule has 5 heteroatoms. The molecule has 0 amide bonds. The van der Waals surface area contributed by atoms with Gasteiger partial charge in [0.1, 0.15) is 6.10 Å². The number of hydrogen-bond acceptors (Lipinski definition) is 5. The molecule has 2 rings (SSSR count). The van der Waals surface area contributed by atoms with E-state index in [0.717, 1.165) is 40.9 Å². The van der Waals surface area contributed by atoms with Gasteiger partial charge >= 0.3 is 5.97 Å². The molecule has 182 valence electrons. The Balaban J connectivity index is 2.22. The summed E-state index contributed by atoms with van der Waals surface area (Å²) < 4.78 is 11.5. The normalized spacial score (nSPS) is 14.6. The van der Waals surface area contributed by atoms with Crippen molar-refractivity contribution in [1.29, 1.82) is 0 Å². The third-order valence-corrected chi connectivity index (χ3v) is 5.57. The molecular weight excluding hydrogens is 426 g/mol. The number of carbonyl (C=O) groups excluding carboxylic acids is 1. The second-order valence-corrected chi connectivity index (χ2v) is 8.58. The van der Waals surface area contributed by atoms with Crippen molar-refractivity contribution in [1.82, 2.24) is 4.98 Å². The van der Waals surface area contributed by atoms with Crippen molar-refractivity contribution >= 4 is 12.0 Å². The second-order valence-electron chi connectivity index (χ2n) is 8.58. The van der Waals surface area contributed by atoms with E-state index in [0.29, 0.717) is 6.42 Å². The van der Waals surface area contributed by atoms with Gasteiger partial charge in [0.05, 0.1) is 12.3 Å². The van der Waals surface area contributed by atoms with E-state index in [1.165, 1.54) is 12.7 Å². The number of aliphatic hydroxyl groups is 1. The predicted octanol–water partition coefficient (Wildman–Crippen LogP) is 6.15. The molecular formula is C29H37NO4. The zero-order valence-electron chi connectivity index (χ0n) is 21.0. The molecule has 0 spiro atoms. The zero-order chi connectivity index (χ0) is 24.9. The Kier molecular flexibility index (Phi) is 11.4. The monoisotopic (exact) mass is 463 g/mol. The van der Waals surface area contributed by atoms with E-state index in [-0.39, 0.29) is 6.61 Å². The van der Waals surface area contributed by atoms with Crippen LogP contribution in [0.4, 0.5) is 0 Å². The van der Waals surface area contributed by atoms with Crippen molar-refractivity contribution in [2.24, 2.45) is 0 Å². The number of esters is 1. The lowest BCUT2D eigenvalue weighted by atomic mass is 10.0. The molecule has 0 aliphatic rings. The quantitative estimate of drug-likeness (QED) is 0.302. The summed E-state index contributed by atoms with van der Waals surface area (Å²) >= 11 is 0. The van der Waals surface area contributed by atoms with Gasteiger partial charge < -0.3 is 14.6 Å². The summed E-state index contributed by atoms with van der Waals surface area (Å²) in [7, 11) is 1.51. The molecule has 0 radical (unpaired) electrons. The molecule has 1 heterocycles. The highest BCUT2D eigenvalue weighted by molar-refractivity contribution is 5.77. The van der Waals surface area contributed by atoms with Gasteiger partial charge in [0.25, 0.3) is 0 Å². The first-order valence-corrected chi connectivity index (χ1v) is 11.7. The smallest absolute Gasteiger partial charge is 0.340 e. The lowest BCUT2D eigenvalue weighted by Crippen LogP contribution is -2.25. The van der Waals surface area contributed by atoms with Crippen molar-refractivity contribution in [2.45, 2.75) is 59.2 Å². The summed E-state index contributed by atoms with van der Waals surface area (Å²) in [6.07, 6.45) is 7.20. The Labute approximate surface area is 203 Å². The van der Waals surface area contributed by atoms with Crippen molar-refractivity contribution in [2.75, 3.05) is 13.7 Å². The molecule has 0 fully saturated rings. The Morgan fingerprint density at radius 2 is 1.76 bits per heavy atom. The molecule has 0 aliphatic carbocycles. The molecule has 2 atom stereocenters. The Hall–Kier alpha value is -3.02. The molecule has 5 nitrogen and oxygen atoms in total. The predicted molar refractivity (Wildman–Crippen MR) is 137 cm³/mol. The first-order chi connectivity index (χ1) is 16.3. The number of methoxy groups -OCH3 is 1. The van der Waals surface area contributed by atoms with Crippen LogP contribution < -0.4 is 0 Å². The van der Waals surface area contributed by atoms with E-state index in [1.807, 2.05) is 81.5 Å². The maximum Gasteiger partial charge on any atom is 0.340 e. The lowest BCUT2D eigenvalue weighted by Gasteiger charge is -2.22. The number of benzene rings is 1. The van der Waals surface area contributed by atoms with Gasteiger partial charge in [-0.15, -0.1) is 0 Å². The van der Waals surface area contributed by atoms with Crippen molar-refractivity contribution < 1.29 is 19.4 Å². The highest BCUT2D eigenvalue weighted by atomic mass is 16.6. The van der Waals surface area contributed by atoms with Crippen molar-refractivity contribution in [3.05, 3.63) is 94.4 Å². The molecule has 2 aromatic rings. The number of rotatable bonds is 12. The van der Waals surface area contributed by atoms with E-state index in [1.54, 1.807) is 0 Å². The van der Waals surface area contributed by atoms with E-state index >= 15 is 0 Å². The molecule has 1 aromatic heterocycles. The topological polar surface area (TPSA) is 68.7 Å². The van der Waals surface area contributed by atoms with Crippen molar-refractivity contribution in [3.63, 3.8) is 0 Å². The average Bonchev–Trinajstić information content (AvgIpc) is 2.82. The van der Waals surface area contributed by atoms with E-state index in [2.05, 4.69) is 18.0 Å². The minimum Gasteiger partial charge on any atom is -0.455 e. The van der Waals surface area contributed by atoms with Gasteiger partial charge in [-0.25, -0.2) is 4.79 Å². The SMILES string of the molecule is CO[C@@H](C(=O)O[C@@H](C/C=C(/C)CC/C=C(\C)CO)/C(C)=C/c1cccc(C)n1)c1ccccc1. The van der Waals surface area contributed by atoms with Crippen LogP contribution >= 0.6 is 0 Å². The second kappa shape index (κ2) is 14.3. The summed E-state index contributed by atoms with van der Waals surface area (Å²) in [6, 6.07) is 15.2. The summed E-state index contributed by atoms with van der Waals surface area (Å²) in [5.41, 5.74) is 5.60. The fraction of sp³-hybridized carbons (Fsp3) is 0.379. The molecule has 34 heavy (non-hydrogen) atoms. The Bertz CT molecular complexity index is 1010. The number of hydrogen-bond donors (Lipinski definition) is 1. The van der Waals surface area contributed by atoms with Crippen LogP contribution in [0.2, 0.25) is 0 Å². The number of allylic oxidation sites excluding steroid dienone is 2. The van der Waals surface area contributed by atoms with E-state index < -0.39 is 18.2 Å².